The lowest BCUT2D eigenvalue weighted by molar-refractivity contribution is -0.211. The van der Waals surface area contributed by atoms with Crippen LogP contribution in [0.4, 0.5) is 0 Å². The zero-order valence-electron chi connectivity index (χ0n) is 19.3. The second-order valence-corrected chi connectivity index (χ2v) is 8.73. The molecule has 5 nitrogen and oxygen atoms in total. The maximum Gasteiger partial charge on any atom is 0.352 e. The van der Waals surface area contributed by atoms with Crippen LogP contribution in [-0.2, 0) is 22.6 Å². The van der Waals surface area contributed by atoms with E-state index in [0.29, 0.717) is 11.7 Å². The van der Waals surface area contributed by atoms with Gasteiger partial charge in [0, 0.05) is 30.2 Å². The molecule has 0 bridgehead atoms. The molecule has 5 heteroatoms. The van der Waals surface area contributed by atoms with Crippen molar-refractivity contribution in [2.45, 2.75) is 45.1 Å². The normalized spacial score (nSPS) is 14.9. The Labute approximate surface area is 199 Å². The van der Waals surface area contributed by atoms with Gasteiger partial charge in [0.1, 0.15) is 0 Å². The lowest BCUT2D eigenvalue weighted by Crippen LogP contribution is -2.14. The standard InChI is InChI=1S/C29H28N2O3/c1-21(32)33-34-27-17-9-15-25-22(14-8-16-26(25)27)18-19-31-20-30-28(23-10-4-2-5-11-23)29(31)24-12-6-3-7-13-24/h2-7,9-13,15,17,20,22H,8,14,16,18-19H2,1H3. The molecule has 172 valence electrons. The van der Waals surface area contributed by atoms with E-state index in [1.165, 1.54) is 18.1 Å². The fourth-order valence-electron chi connectivity index (χ4n) is 4.95. The minimum absolute atomic E-state index is 0.413. The number of rotatable bonds is 7. The molecule has 0 fully saturated rings. The van der Waals surface area contributed by atoms with Crippen LogP contribution in [0.2, 0.25) is 0 Å². The van der Waals surface area contributed by atoms with Crippen LogP contribution < -0.4 is 4.89 Å². The van der Waals surface area contributed by atoms with Crippen molar-refractivity contribution in [3.63, 3.8) is 0 Å². The van der Waals surface area contributed by atoms with Gasteiger partial charge < -0.3 is 4.57 Å². The smallest absolute Gasteiger partial charge is 0.330 e. The minimum atomic E-state index is -0.451. The zero-order chi connectivity index (χ0) is 23.3. The van der Waals surface area contributed by atoms with Crippen molar-refractivity contribution in [2.24, 2.45) is 0 Å². The molecule has 0 spiro atoms. The van der Waals surface area contributed by atoms with Crippen LogP contribution in [0.25, 0.3) is 22.5 Å². The molecule has 0 saturated heterocycles. The monoisotopic (exact) mass is 452 g/mol. The maximum absolute atomic E-state index is 11.2. The van der Waals surface area contributed by atoms with Gasteiger partial charge in [0.05, 0.1) is 17.7 Å². The Morgan fingerprint density at radius 1 is 0.971 bits per heavy atom. The molecule has 0 amide bonds. The van der Waals surface area contributed by atoms with E-state index >= 15 is 0 Å². The first-order valence-electron chi connectivity index (χ1n) is 11.8. The quantitative estimate of drug-likeness (QED) is 0.235. The molecule has 1 aliphatic rings. The highest BCUT2D eigenvalue weighted by atomic mass is 17.2. The van der Waals surface area contributed by atoms with Crippen molar-refractivity contribution in [3.8, 4) is 28.3 Å². The van der Waals surface area contributed by atoms with E-state index in [0.717, 1.165) is 54.7 Å². The third kappa shape index (κ3) is 4.60. The molecular weight excluding hydrogens is 424 g/mol. The van der Waals surface area contributed by atoms with Gasteiger partial charge in [-0.25, -0.2) is 9.78 Å². The second kappa shape index (κ2) is 9.96. The summed E-state index contributed by atoms with van der Waals surface area (Å²) in [6.45, 7) is 2.21. The van der Waals surface area contributed by atoms with Crippen molar-refractivity contribution in [3.05, 3.63) is 96.3 Å². The highest BCUT2D eigenvalue weighted by Gasteiger charge is 2.24. The summed E-state index contributed by atoms with van der Waals surface area (Å²) in [7, 11) is 0. The van der Waals surface area contributed by atoms with Gasteiger partial charge in [-0.1, -0.05) is 72.8 Å². The van der Waals surface area contributed by atoms with Crippen LogP contribution in [0, 0.1) is 0 Å². The largest absolute Gasteiger partial charge is 0.352 e. The molecule has 0 aliphatic heterocycles. The van der Waals surface area contributed by atoms with Crippen LogP contribution in [0.1, 0.15) is 43.2 Å². The summed E-state index contributed by atoms with van der Waals surface area (Å²) in [4.78, 5) is 26.2. The fourth-order valence-corrected chi connectivity index (χ4v) is 4.95. The highest BCUT2D eigenvalue weighted by molar-refractivity contribution is 5.78. The average molecular weight is 453 g/mol. The molecule has 1 aromatic heterocycles. The summed E-state index contributed by atoms with van der Waals surface area (Å²) in [5, 5.41) is 0. The Hall–Kier alpha value is -3.86. The number of carbonyl (C=O) groups excluding carboxylic acids is 1. The Balaban J connectivity index is 1.42. The molecule has 1 atom stereocenters. The molecule has 0 N–H and O–H groups in total. The van der Waals surface area contributed by atoms with Crippen molar-refractivity contribution in [2.75, 3.05) is 0 Å². The predicted octanol–water partition coefficient (Wildman–Crippen LogP) is 6.58. The molecule has 5 rings (SSSR count). The molecule has 1 unspecified atom stereocenters. The van der Waals surface area contributed by atoms with Gasteiger partial charge in [0.2, 0.25) is 0 Å². The number of nitrogens with zero attached hydrogens (tertiary/aromatic N) is 2. The van der Waals surface area contributed by atoms with Gasteiger partial charge in [-0.3, -0.25) is 9.78 Å². The average Bonchev–Trinajstić information content (AvgIpc) is 3.31. The van der Waals surface area contributed by atoms with Crippen molar-refractivity contribution >= 4 is 5.97 Å². The predicted molar refractivity (Wildman–Crippen MR) is 132 cm³/mol. The van der Waals surface area contributed by atoms with Gasteiger partial charge in [0.25, 0.3) is 0 Å². The number of aromatic nitrogens is 2. The third-order valence-corrected chi connectivity index (χ3v) is 6.49. The summed E-state index contributed by atoms with van der Waals surface area (Å²) >= 11 is 0. The summed E-state index contributed by atoms with van der Waals surface area (Å²) in [5.41, 5.74) is 6.89. The van der Waals surface area contributed by atoms with Gasteiger partial charge in [-0.05, 0) is 43.2 Å². The van der Waals surface area contributed by atoms with Crippen LogP contribution >= 0.6 is 0 Å². The molecule has 0 saturated carbocycles. The molecule has 3 aromatic carbocycles. The first-order chi connectivity index (χ1) is 16.7. The van der Waals surface area contributed by atoms with E-state index in [-0.39, 0.29) is 0 Å². The Bertz CT molecular complexity index is 1270. The number of fused-ring (bicyclic) bond motifs is 1. The minimum Gasteiger partial charge on any atom is -0.330 e. The number of hydrogen-bond acceptors (Lipinski definition) is 4. The van der Waals surface area contributed by atoms with E-state index in [9.17, 15) is 4.79 Å². The summed E-state index contributed by atoms with van der Waals surface area (Å²) in [5.74, 6) is 0.611. The van der Waals surface area contributed by atoms with E-state index in [2.05, 4.69) is 59.2 Å². The van der Waals surface area contributed by atoms with Gasteiger partial charge >= 0.3 is 5.97 Å². The number of hydrogen-bond donors (Lipinski definition) is 0. The SMILES string of the molecule is CC(=O)OOc1cccc2c1CCCC2CCn1cnc(-c2ccccc2)c1-c1ccccc1. The Kier molecular flexibility index (Phi) is 6.43. The first-order valence-corrected chi connectivity index (χ1v) is 11.8. The van der Waals surface area contributed by atoms with Gasteiger partial charge in [0.15, 0.2) is 5.75 Å². The van der Waals surface area contributed by atoms with Crippen LogP contribution in [0.5, 0.6) is 5.75 Å². The number of benzene rings is 3. The number of aryl methyl sites for hydroxylation is 1. The zero-order valence-corrected chi connectivity index (χ0v) is 19.3. The topological polar surface area (TPSA) is 53.4 Å². The molecule has 0 radical (unpaired) electrons. The van der Waals surface area contributed by atoms with Crippen molar-refractivity contribution < 1.29 is 14.6 Å². The first kappa shape index (κ1) is 22.0. The van der Waals surface area contributed by atoms with Gasteiger partial charge in [-0.2, -0.15) is 0 Å². The summed E-state index contributed by atoms with van der Waals surface area (Å²) in [6, 6.07) is 26.9. The molecule has 4 aromatic rings. The number of carbonyl (C=O) groups is 1. The van der Waals surface area contributed by atoms with E-state index < -0.39 is 5.97 Å². The molecular formula is C29H28N2O3. The van der Waals surface area contributed by atoms with Crippen LogP contribution in [0.15, 0.2) is 85.2 Å². The Morgan fingerprint density at radius 3 is 2.44 bits per heavy atom. The van der Waals surface area contributed by atoms with Crippen molar-refractivity contribution in [1.29, 1.82) is 0 Å². The highest BCUT2D eigenvalue weighted by Crippen LogP contribution is 2.39. The van der Waals surface area contributed by atoms with E-state index in [1.54, 1.807) is 0 Å². The molecule has 34 heavy (non-hydrogen) atoms. The third-order valence-electron chi connectivity index (χ3n) is 6.49. The Morgan fingerprint density at radius 2 is 1.71 bits per heavy atom. The molecule has 1 aliphatic carbocycles. The van der Waals surface area contributed by atoms with Crippen LogP contribution in [0.3, 0.4) is 0 Å². The van der Waals surface area contributed by atoms with Gasteiger partial charge in [-0.15, -0.1) is 0 Å². The van der Waals surface area contributed by atoms with E-state index in [1.807, 2.05) is 30.6 Å². The lowest BCUT2D eigenvalue weighted by atomic mass is 9.80. The lowest BCUT2D eigenvalue weighted by Gasteiger charge is -2.27. The number of imidazole rings is 1. The van der Waals surface area contributed by atoms with Crippen LogP contribution in [-0.4, -0.2) is 15.5 Å². The van der Waals surface area contributed by atoms with Crippen molar-refractivity contribution in [1.82, 2.24) is 9.55 Å². The molecule has 1 heterocycles. The summed E-state index contributed by atoms with van der Waals surface area (Å²) in [6.07, 6.45) is 6.11. The second-order valence-electron chi connectivity index (χ2n) is 8.73. The maximum atomic E-state index is 11.2. The summed E-state index contributed by atoms with van der Waals surface area (Å²) < 4.78 is 2.28. The fraction of sp³-hybridized carbons (Fsp3) is 0.241. The van der Waals surface area contributed by atoms with E-state index in [4.69, 9.17) is 14.8 Å².